The molecule has 0 aromatic rings. The first-order valence-corrected chi connectivity index (χ1v) is 6.25. The van der Waals surface area contributed by atoms with Gasteiger partial charge in [0.05, 0.1) is 0 Å². The summed E-state index contributed by atoms with van der Waals surface area (Å²) in [6.07, 6.45) is 5.51. The van der Waals surface area contributed by atoms with Crippen molar-refractivity contribution in [2.24, 2.45) is 5.92 Å². The molecule has 1 aliphatic heterocycles. The molecule has 1 aliphatic rings. The molecule has 1 heterocycles. The van der Waals surface area contributed by atoms with E-state index in [2.05, 4.69) is 24.5 Å². The fourth-order valence-electron chi connectivity index (χ4n) is 2.10. The highest BCUT2D eigenvalue weighted by molar-refractivity contribution is 5.78. The Morgan fingerprint density at radius 1 is 1.47 bits per heavy atom. The summed E-state index contributed by atoms with van der Waals surface area (Å²) in [4.78, 5) is 11.8. The average Bonchev–Trinajstić information content (AvgIpc) is 2.24. The van der Waals surface area contributed by atoms with Gasteiger partial charge in [-0.3, -0.25) is 4.79 Å². The fourth-order valence-corrected chi connectivity index (χ4v) is 2.10. The molecule has 0 radical (unpaired) electrons. The van der Waals surface area contributed by atoms with Gasteiger partial charge in [-0.1, -0.05) is 19.8 Å². The quantitative estimate of drug-likeness (QED) is 0.681. The molecule has 1 amide bonds. The van der Waals surface area contributed by atoms with Crippen LogP contribution in [0.15, 0.2) is 0 Å². The molecular weight excluding hydrogens is 188 g/mol. The summed E-state index contributed by atoms with van der Waals surface area (Å²) in [6.45, 7) is 6.16. The zero-order chi connectivity index (χ0) is 11.1. The normalized spacial score (nSPS) is 26.3. The summed E-state index contributed by atoms with van der Waals surface area (Å²) in [6, 6.07) is 0.491. The van der Waals surface area contributed by atoms with Gasteiger partial charge in [0.15, 0.2) is 0 Å². The second-order valence-corrected chi connectivity index (χ2v) is 4.57. The van der Waals surface area contributed by atoms with E-state index in [1.165, 1.54) is 12.8 Å². The third-order valence-electron chi connectivity index (χ3n) is 3.07. The molecule has 0 aliphatic carbocycles. The number of carbonyl (C=O) groups excluding carboxylic acids is 1. The van der Waals surface area contributed by atoms with Crippen molar-refractivity contribution in [1.29, 1.82) is 0 Å². The van der Waals surface area contributed by atoms with Gasteiger partial charge < -0.3 is 10.6 Å². The van der Waals surface area contributed by atoms with Crippen LogP contribution in [0.3, 0.4) is 0 Å². The average molecular weight is 212 g/mol. The van der Waals surface area contributed by atoms with Crippen molar-refractivity contribution in [1.82, 2.24) is 10.6 Å². The van der Waals surface area contributed by atoms with E-state index >= 15 is 0 Å². The zero-order valence-corrected chi connectivity index (χ0v) is 10.0. The molecule has 1 rings (SSSR count). The van der Waals surface area contributed by atoms with E-state index in [1.807, 2.05) is 0 Å². The second kappa shape index (κ2) is 6.83. The Morgan fingerprint density at radius 2 is 2.27 bits per heavy atom. The highest BCUT2D eigenvalue weighted by atomic mass is 16.1. The van der Waals surface area contributed by atoms with Crippen LogP contribution in [-0.2, 0) is 4.79 Å². The highest BCUT2D eigenvalue weighted by Crippen LogP contribution is 2.15. The van der Waals surface area contributed by atoms with Crippen LogP contribution in [0, 0.1) is 5.92 Å². The Kier molecular flexibility index (Phi) is 5.69. The Bertz CT molecular complexity index is 194. The van der Waals surface area contributed by atoms with Crippen molar-refractivity contribution in [3.8, 4) is 0 Å². The standard InChI is InChI=1S/C12H24N2O/c1-3-4-5-7-14-12(15)11-6-8-13-10(2)9-11/h10-11,13H,3-9H2,1-2H3,(H,14,15)/t10-,11-/m0/s1. The molecule has 0 bridgehead atoms. The van der Waals surface area contributed by atoms with Crippen molar-refractivity contribution in [2.45, 2.75) is 52.0 Å². The monoisotopic (exact) mass is 212 g/mol. The molecule has 1 saturated heterocycles. The van der Waals surface area contributed by atoms with Gasteiger partial charge in [-0.25, -0.2) is 0 Å². The number of rotatable bonds is 5. The van der Waals surface area contributed by atoms with E-state index < -0.39 is 0 Å². The number of carbonyl (C=O) groups is 1. The van der Waals surface area contributed by atoms with E-state index in [9.17, 15) is 4.79 Å². The number of nitrogens with one attached hydrogen (secondary N) is 2. The maximum absolute atomic E-state index is 11.8. The number of amides is 1. The van der Waals surface area contributed by atoms with Crippen LogP contribution < -0.4 is 10.6 Å². The Hall–Kier alpha value is -0.570. The first kappa shape index (κ1) is 12.5. The van der Waals surface area contributed by atoms with Crippen LogP contribution in [0.1, 0.15) is 46.0 Å². The van der Waals surface area contributed by atoms with E-state index in [0.717, 1.165) is 32.4 Å². The van der Waals surface area contributed by atoms with Gasteiger partial charge in [-0.2, -0.15) is 0 Å². The largest absolute Gasteiger partial charge is 0.356 e. The summed E-state index contributed by atoms with van der Waals surface area (Å²) in [5, 5.41) is 6.40. The summed E-state index contributed by atoms with van der Waals surface area (Å²) >= 11 is 0. The lowest BCUT2D eigenvalue weighted by atomic mass is 9.92. The SMILES string of the molecule is CCCCCNC(=O)[C@H]1CCN[C@@H](C)C1. The van der Waals surface area contributed by atoms with Gasteiger partial charge in [-0.15, -0.1) is 0 Å². The third kappa shape index (κ3) is 4.65. The first-order valence-electron chi connectivity index (χ1n) is 6.25. The molecule has 3 nitrogen and oxygen atoms in total. The van der Waals surface area contributed by atoms with Gasteiger partial charge in [0.2, 0.25) is 5.91 Å². The molecule has 0 unspecified atom stereocenters. The molecule has 2 N–H and O–H groups in total. The van der Waals surface area contributed by atoms with Gasteiger partial charge in [0.1, 0.15) is 0 Å². The Morgan fingerprint density at radius 3 is 2.93 bits per heavy atom. The van der Waals surface area contributed by atoms with E-state index in [1.54, 1.807) is 0 Å². The van der Waals surface area contributed by atoms with E-state index in [4.69, 9.17) is 0 Å². The second-order valence-electron chi connectivity index (χ2n) is 4.57. The number of piperidine rings is 1. The van der Waals surface area contributed by atoms with Crippen LogP contribution in [0.5, 0.6) is 0 Å². The minimum Gasteiger partial charge on any atom is -0.356 e. The molecule has 88 valence electrons. The summed E-state index contributed by atoms with van der Waals surface area (Å²) in [5.74, 6) is 0.502. The summed E-state index contributed by atoms with van der Waals surface area (Å²) < 4.78 is 0. The van der Waals surface area contributed by atoms with E-state index in [0.29, 0.717) is 6.04 Å². The summed E-state index contributed by atoms with van der Waals surface area (Å²) in [7, 11) is 0. The maximum atomic E-state index is 11.8. The molecule has 2 atom stereocenters. The molecular formula is C12H24N2O. The number of hydrogen-bond donors (Lipinski definition) is 2. The predicted molar refractivity (Wildman–Crippen MR) is 62.7 cm³/mol. The third-order valence-corrected chi connectivity index (χ3v) is 3.07. The van der Waals surface area contributed by atoms with Crippen molar-refractivity contribution in [3.05, 3.63) is 0 Å². The minimum atomic E-state index is 0.239. The maximum Gasteiger partial charge on any atom is 0.223 e. The van der Waals surface area contributed by atoms with Crippen molar-refractivity contribution in [2.75, 3.05) is 13.1 Å². The van der Waals surface area contributed by atoms with Crippen molar-refractivity contribution in [3.63, 3.8) is 0 Å². The summed E-state index contributed by atoms with van der Waals surface area (Å²) in [5.41, 5.74) is 0. The molecule has 0 saturated carbocycles. The van der Waals surface area contributed by atoms with Crippen LogP contribution in [0.2, 0.25) is 0 Å². The van der Waals surface area contributed by atoms with Crippen LogP contribution >= 0.6 is 0 Å². The molecule has 0 aromatic carbocycles. The van der Waals surface area contributed by atoms with Crippen LogP contribution in [0.4, 0.5) is 0 Å². The first-order chi connectivity index (χ1) is 7.24. The Labute approximate surface area is 93.0 Å². The Balaban J connectivity index is 2.15. The van der Waals surface area contributed by atoms with Crippen molar-refractivity contribution >= 4 is 5.91 Å². The van der Waals surface area contributed by atoms with Crippen LogP contribution in [0.25, 0.3) is 0 Å². The van der Waals surface area contributed by atoms with E-state index in [-0.39, 0.29) is 11.8 Å². The topological polar surface area (TPSA) is 41.1 Å². The minimum absolute atomic E-state index is 0.239. The van der Waals surface area contributed by atoms with Gasteiger partial charge >= 0.3 is 0 Å². The van der Waals surface area contributed by atoms with Gasteiger partial charge in [0.25, 0.3) is 0 Å². The lowest BCUT2D eigenvalue weighted by Gasteiger charge is -2.27. The zero-order valence-electron chi connectivity index (χ0n) is 10.0. The van der Waals surface area contributed by atoms with Gasteiger partial charge in [0, 0.05) is 18.5 Å². The fraction of sp³-hybridized carbons (Fsp3) is 0.917. The molecule has 15 heavy (non-hydrogen) atoms. The number of hydrogen-bond acceptors (Lipinski definition) is 2. The van der Waals surface area contributed by atoms with Crippen molar-refractivity contribution < 1.29 is 4.79 Å². The molecule has 3 heteroatoms. The molecule has 0 aromatic heterocycles. The lowest BCUT2D eigenvalue weighted by molar-refractivity contribution is -0.126. The molecule has 0 spiro atoms. The smallest absolute Gasteiger partial charge is 0.223 e. The molecule has 1 fully saturated rings. The number of unbranched alkanes of at least 4 members (excludes halogenated alkanes) is 2. The predicted octanol–water partition coefficient (Wildman–Crippen LogP) is 1.68. The van der Waals surface area contributed by atoms with Crippen LogP contribution in [-0.4, -0.2) is 25.0 Å². The lowest BCUT2D eigenvalue weighted by Crippen LogP contribution is -2.42. The highest BCUT2D eigenvalue weighted by Gasteiger charge is 2.23. The van der Waals surface area contributed by atoms with Gasteiger partial charge in [-0.05, 0) is 32.7 Å².